The van der Waals surface area contributed by atoms with Crippen LogP contribution in [0.2, 0.25) is 0 Å². The number of methoxy groups -OCH3 is 1. The van der Waals surface area contributed by atoms with Crippen LogP contribution in [0.5, 0.6) is 5.75 Å². The quantitative estimate of drug-likeness (QED) is 0.934. The number of aromatic nitrogens is 2. The Kier molecular flexibility index (Phi) is 4.62. The first kappa shape index (κ1) is 15.6. The summed E-state index contributed by atoms with van der Waals surface area (Å²) in [5.41, 5.74) is 0.551. The predicted octanol–water partition coefficient (Wildman–Crippen LogP) is 1.79. The molecule has 0 spiro atoms. The van der Waals surface area contributed by atoms with Crippen LogP contribution in [0.4, 0.5) is 0 Å². The van der Waals surface area contributed by atoms with Crippen LogP contribution in [0.3, 0.4) is 0 Å². The van der Waals surface area contributed by atoms with Gasteiger partial charge in [-0.15, -0.1) is 0 Å². The third kappa shape index (κ3) is 3.37. The van der Waals surface area contributed by atoms with Crippen LogP contribution in [-0.4, -0.2) is 45.9 Å². The van der Waals surface area contributed by atoms with Gasteiger partial charge in [-0.3, -0.25) is 9.48 Å². The molecule has 2 atom stereocenters. The minimum atomic E-state index is -1.17. The largest absolute Gasteiger partial charge is 0.497 e. The van der Waals surface area contributed by atoms with Crippen molar-refractivity contribution in [2.45, 2.75) is 25.0 Å². The van der Waals surface area contributed by atoms with E-state index in [9.17, 15) is 9.90 Å². The molecule has 122 valence electrons. The molecule has 6 nitrogen and oxygen atoms in total. The number of ether oxygens (including phenoxy) is 1. The van der Waals surface area contributed by atoms with Gasteiger partial charge in [0.25, 0.3) is 5.91 Å². The van der Waals surface area contributed by atoms with Crippen molar-refractivity contribution >= 4 is 5.91 Å². The highest BCUT2D eigenvalue weighted by atomic mass is 16.5. The van der Waals surface area contributed by atoms with E-state index in [1.807, 2.05) is 16.9 Å². The summed E-state index contributed by atoms with van der Waals surface area (Å²) in [6, 6.07) is 9.03. The summed E-state index contributed by atoms with van der Waals surface area (Å²) >= 11 is 0. The first-order valence-electron chi connectivity index (χ1n) is 7.79. The minimum absolute atomic E-state index is 0.167. The Morgan fingerprint density at radius 3 is 3.04 bits per heavy atom. The number of carbonyl (C=O) groups is 1. The van der Waals surface area contributed by atoms with Gasteiger partial charge in [-0.25, -0.2) is 0 Å². The Hall–Kier alpha value is -2.34. The Labute approximate surface area is 135 Å². The van der Waals surface area contributed by atoms with E-state index in [0.717, 1.165) is 12.8 Å². The number of likely N-dealkylation sites (tertiary alicyclic amines) is 1. The average Bonchev–Trinajstić information content (AvgIpc) is 3.15. The first-order chi connectivity index (χ1) is 11.2. The van der Waals surface area contributed by atoms with Crippen LogP contribution < -0.4 is 4.74 Å². The van der Waals surface area contributed by atoms with Crippen LogP contribution in [0.1, 0.15) is 30.6 Å². The summed E-state index contributed by atoms with van der Waals surface area (Å²) in [7, 11) is 1.56. The summed E-state index contributed by atoms with van der Waals surface area (Å²) in [6.45, 7) is 1.24. The second kappa shape index (κ2) is 6.83. The lowest BCUT2D eigenvalue weighted by molar-refractivity contribution is -0.142. The van der Waals surface area contributed by atoms with E-state index >= 15 is 0 Å². The maximum Gasteiger partial charge on any atom is 0.256 e. The highest BCUT2D eigenvalue weighted by Crippen LogP contribution is 2.25. The number of aliphatic hydroxyl groups excluding tert-OH is 1. The summed E-state index contributed by atoms with van der Waals surface area (Å²) < 4.78 is 7.03. The molecule has 0 bridgehead atoms. The molecule has 2 unspecified atom stereocenters. The lowest BCUT2D eigenvalue weighted by Gasteiger charge is -2.34. The molecule has 0 aliphatic carbocycles. The van der Waals surface area contributed by atoms with E-state index in [-0.39, 0.29) is 11.9 Å². The third-order valence-corrected chi connectivity index (χ3v) is 4.25. The summed E-state index contributed by atoms with van der Waals surface area (Å²) in [5.74, 6) is 0.359. The SMILES string of the molecule is COc1cccc(C(O)C(=O)N2CCCC(n3cccn3)C2)c1. The molecule has 3 rings (SSSR count). The minimum Gasteiger partial charge on any atom is -0.497 e. The Morgan fingerprint density at radius 2 is 2.30 bits per heavy atom. The summed E-state index contributed by atoms with van der Waals surface area (Å²) in [6.07, 6.45) is 4.38. The van der Waals surface area contributed by atoms with E-state index in [1.54, 1.807) is 42.5 Å². The zero-order valence-electron chi connectivity index (χ0n) is 13.1. The molecule has 23 heavy (non-hydrogen) atoms. The molecule has 1 fully saturated rings. The van der Waals surface area contributed by atoms with Gasteiger partial charge in [-0.2, -0.15) is 5.10 Å². The highest BCUT2D eigenvalue weighted by molar-refractivity contribution is 5.82. The fourth-order valence-electron chi connectivity index (χ4n) is 2.99. The maximum absolute atomic E-state index is 12.6. The fraction of sp³-hybridized carbons (Fsp3) is 0.412. The molecule has 1 saturated heterocycles. The number of piperidine rings is 1. The zero-order valence-corrected chi connectivity index (χ0v) is 13.1. The van der Waals surface area contributed by atoms with E-state index in [2.05, 4.69) is 5.10 Å². The molecule has 0 saturated carbocycles. The predicted molar refractivity (Wildman–Crippen MR) is 85.0 cm³/mol. The van der Waals surface area contributed by atoms with Crippen molar-refractivity contribution in [2.75, 3.05) is 20.2 Å². The zero-order chi connectivity index (χ0) is 16.2. The average molecular weight is 315 g/mol. The second-order valence-electron chi connectivity index (χ2n) is 5.75. The smallest absolute Gasteiger partial charge is 0.256 e. The molecule has 1 aliphatic heterocycles. The second-order valence-corrected chi connectivity index (χ2v) is 5.75. The summed E-state index contributed by atoms with van der Waals surface area (Å²) in [4.78, 5) is 14.3. The van der Waals surface area contributed by atoms with Gasteiger partial charge >= 0.3 is 0 Å². The lowest BCUT2D eigenvalue weighted by Crippen LogP contribution is -2.43. The van der Waals surface area contributed by atoms with Crippen LogP contribution in [0, 0.1) is 0 Å². The van der Waals surface area contributed by atoms with Crippen molar-refractivity contribution in [3.05, 3.63) is 48.3 Å². The van der Waals surface area contributed by atoms with Gasteiger partial charge in [-0.1, -0.05) is 12.1 Å². The van der Waals surface area contributed by atoms with Crippen molar-refractivity contribution in [1.82, 2.24) is 14.7 Å². The van der Waals surface area contributed by atoms with Crippen LogP contribution in [-0.2, 0) is 4.79 Å². The topological polar surface area (TPSA) is 67.6 Å². The standard InChI is InChI=1S/C17H21N3O3/c1-23-15-7-2-5-13(11-15)16(21)17(22)19-9-3-6-14(12-19)20-10-4-8-18-20/h2,4-5,7-8,10-11,14,16,21H,3,6,9,12H2,1H3. The van der Waals surface area contributed by atoms with E-state index in [1.165, 1.54) is 0 Å². The van der Waals surface area contributed by atoms with Crippen molar-refractivity contribution in [2.24, 2.45) is 0 Å². The Bertz CT molecular complexity index is 657. The van der Waals surface area contributed by atoms with Crippen molar-refractivity contribution in [1.29, 1.82) is 0 Å². The fourth-order valence-corrected chi connectivity index (χ4v) is 2.99. The van der Waals surface area contributed by atoms with E-state index in [0.29, 0.717) is 24.4 Å². The molecule has 0 radical (unpaired) electrons. The summed E-state index contributed by atoms with van der Waals surface area (Å²) in [5, 5.41) is 14.7. The number of hydrogen-bond acceptors (Lipinski definition) is 4. The molecule has 6 heteroatoms. The molecule has 1 N–H and O–H groups in total. The van der Waals surface area contributed by atoms with Crippen LogP contribution >= 0.6 is 0 Å². The number of amides is 1. The molecule has 2 aromatic rings. The molecular formula is C17H21N3O3. The molecule has 2 heterocycles. The van der Waals surface area contributed by atoms with Gasteiger partial charge in [0.15, 0.2) is 6.10 Å². The van der Waals surface area contributed by atoms with Gasteiger partial charge in [0.05, 0.1) is 13.2 Å². The number of aliphatic hydroxyl groups is 1. The van der Waals surface area contributed by atoms with Crippen LogP contribution in [0.15, 0.2) is 42.7 Å². The maximum atomic E-state index is 12.6. The van der Waals surface area contributed by atoms with Gasteiger partial charge < -0.3 is 14.7 Å². The van der Waals surface area contributed by atoms with Gasteiger partial charge in [0.1, 0.15) is 5.75 Å². The number of carbonyl (C=O) groups excluding carboxylic acids is 1. The first-order valence-corrected chi connectivity index (χ1v) is 7.79. The van der Waals surface area contributed by atoms with Crippen LogP contribution in [0.25, 0.3) is 0 Å². The number of nitrogens with zero attached hydrogens (tertiary/aromatic N) is 3. The molecule has 1 amide bonds. The molecule has 1 aliphatic rings. The third-order valence-electron chi connectivity index (χ3n) is 4.25. The van der Waals surface area contributed by atoms with Gasteiger partial charge in [0.2, 0.25) is 0 Å². The van der Waals surface area contributed by atoms with Gasteiger partial charge in [-0.05, 0) is 36.6 Å². The molecule has 1 aromatic carbocycles. The van der Waals surface area contributed by atoms with Crippen molar-refractivity contribution < 1.29 is 14.6 Å². The number of rotatable bonds is 4. The molecule has 1 aromatic heterocycles. The highest BCUT2D eigenvalue weighted by Gasteiger charge is 2.29. The van der Waals surface area contributed by atoms with Crippen molar-refractivity contribution in [3.63, 3.8) is 0 Å². The van der Waals surface area contributed by atoms with E-state index < -0.39 is 6.10 Å². The van der Waals surface area contributed by atoms with E-state index in [4.69, 9.17) is 4.74 Å². The Balaban J connectivity index is 1.71. The Morgan fingerprint density at radius 1 is 1.43 bits per heavy atom. The normalized spacial score (nSPS) is 19.4. The number of benzene rings is 1. The lowest BCUT2D eigenvalue weighted by atomic mass is 10.0. The monoisotopic (exact) mass is 315 g/mol. The van der Waals surface area contributed by atoms with Gasteiger partial charge in [0, 0.05) is 25.5 Å². The van der Waals surface area contributed by atoms with Crippen molar-refractivity contribution in [3.8, 4) is 5.75 Å². The molecular weight excluding hydrogens is 294 g/mol. The number of hydrogen-bond donors (Lipinski definition) is 1.